The van der Waals surface area contributed by atoms with E-state index in [0.29, 0.717) is 18.3 Å². The number of cyclic esters (lactones) is 1. The lowest BCUT2D eigenvalue weighted by molar-refractivity contribution is -0.166. The fourth-order valence-electron chi connectivity index (χ4n) is 5.23. The van der Waals surface area contributed by atoms with E-state index < -0.39 is 22.9 Å². The van der Waals surface area contributed by atoms with E-state index in [1.165, 1.54) is 0 Å². The van der Waals surface area contributed by atoms with E-state index in [1.807, 2.05) is 20.8 Å². The molecule has 5 heteroatoms. The third-order valence-corrected chi connectivity index (χ3v) is 6.83. The maximum absolute atomic E-state index is 12.9. The predicted octanol–water partition coefficient (Wildman–Crippen LogP) is 3.72. The van der Waals surface area contributed by atoms with Crippen molar-refractivity contribution in [3.05, 3.63) is 0 Å². The minimum absolute atomic E-state index is 0.000509. The zero-order chi connectivity index (χ0) is 19.5. The van der Waals surface area contributed by atoms with Crippen molar-refractivity contribution in [2.45, 2.75) is 66.9 Å². The number of nitrogens with zero attached hydrogens (tertiary/aromatic N) is 1. The molecule has 144 valence electrons. The van der Waals surface area contributed by atoms with E-state index in [0.717, 1.165) is 12.8 Å². The van der Waals surface area contributed by atoms with Gasteiger partial charge in [-0.15, -0.1) is 0 Å². The van der Waals surface area contributed by atoms with Crippen molar-refractivity contribution in [2.24, 2.45) is 39.9 Å². The lowest BCUT2D eigenvalue weighted by Crippen LogP contribution is -2.40. The first kappa shape index (κ1) is 19.2. The molecule has 0 radical (unpaired) electrons. The van der Waals surface area contributed by atoms with Crippen LogP contribution in [0.25, 0.3) is 0 Å². The fraction of sp³-hybridized carbons (Fsp3) is 0.857. The van der Waals surface area contributed by atoms with Gasteiger partial charge in [0.15, 0.2) is 5.41 Å². The van der Waals surface area contributed by atoms with E-state index >= 15 is 0 Å². The molecule has 5 nitrogen and oxygen atoms in total. The summed E-state index contributed by atoms with van der Waals surface area (Å²) in [6.45, 7) is 12.4. The third kappa shape index (κ3) is 2.92. The Bertz CT molecular complexity index is 658. The van der Waals surface area contributed by atoms with Crippen LogP contribution < -0.4 is 0 Å². The number of esters is 2. The van der Waals surface area contributed by atoms with Gasteiger partial charge >= 0.3 is 11.9 Å². The summed E-state index contributed by atoms with van der Waals surface area (Å²) in [6.07, 6.45) is 1.91. The molecule has 3 aliphatic rings. The second-order valence-electron chi connectivity index (χ2n) is 10.3. The Morgan fingerprint density at radius 3 is 2.58 bits per heavy atom. The van der Waals surface area contributed by atoms with Crippen LogP contribution in [-0.4, -0.2) is 24.6 Å². The summed E-state index contributed by atoms with van der Waals surface area (Å²) in [5.41, 5.74) is -1.59. The van der Waals surface area contributed by atoms with Crippen LogP contribution in [0.15, 0.2) is 0 Å². The first-order valence-electron chi connectivity index (χ1n) is 9.74. The monoisotopic (exact) mass is 361 g/mol. The standard InChI is InChI=1S/C21H31NO4/c1-12(2)20(6,10-19(3,4)5)17(23)25-9-15-16-14-7-13(14)8-21(16,11-22)18(24)26-15/h12-16H,7-10H2,1-6H3. The molecule has 1 saturated heterocycles. The lowest BCUT2D eigenvalue weighted by atomic mass is 9.69. The van der Waals surface area contributed by atoms with Crippen molar-refractivity contribution in [3.63, 3.8) is 0 Å². The van der Waals surface area contributed by atoms with E-state index in [2.05, 4.69) is 26.8 Å². The minimum atomic E-state index is -1.00. The smallest absolute Gasteiger partial charge is 0.327 e. The van der Waals surface area contributed by atoms with Crippen molar-refractivity contribution < 1.29 is 19.1 Å². The number of rotatable bonds is 5. The van der Waals surface area contributed by atoms with Gasteiger partial charge in [-0.1, -0.05) is 34.6 Å². The lowest BCUT2D eigenvalue weighted by Gasteiger charge is -2.37. The predicted molar refractivity (Wildman–Crippen MR) is 95.6 cm³/mol. The van der Waals surface area contributed by atoms with Gasteiger partial charge < -0.3 is 9.47 Å². The van der Waals surface area contributed by atoms with Crippen molar-refractivity contribution in [2.75, 3.05) is 6.61 Å². The highest BCUT2D eigenvalue weighted by Gasteiger charge is 2.72. The normalized spacial score (nSPS) is 37.4. The van der Waals surface area contributed by atoms with E-state index in [-0.39, 0.29) is 29.8 Å². The molecule has 2 saturated carbocycles. The summed E-state index contributed by atoms with van der Waals surface area (Å²) in [5, 5.41) is 9.60. The Kier molecular flexibility index (Phi) is 4.41. The molecule has 0 aromatic carbocycles. The summed E-state index contributed by atoms with van der Waals surface area (Å²) in [4.78, 5) is 25.3. The van der Waals surface area contributed by atoms with Crippen LogP contribution >= 0.6 is 0 Å². The molecule has 0 aromatic heterocycles. The molecular formula is C21H31NO4. The first-order valence-corrected chi connectivity index (χ1v) is 9.74. The maximum atomic E-state index is 12.9. The Labute approximate surface area is 156 Å². The zero-order valence-corrected chi connectivity index (χ0v) is 16.8. The zero-order valence-electron chi connectivity index (χ0n) is 16.8. The summed E-state index contributed by atoms with van der Waals surface area (Å²) in [5.74, 6) is 0.199. The van der Waals surface area contributed by atoms with Gasteiger partial charge in [0.25, 0.3) is 0 Å². The van der Waals surface area contributed by atoms with Crippen LogP contribution in [0.4, 0.5) is 0 Å². The number of hydrogen-bond donors (Lipinski definition) is 0. The van der Waals surface area contributed by atoms with Crippen LogP contribution in [0.5, 0.6) is 0 Å². The van der Waals surface area contributed by atoms with E-state index in [4.69, 9.17) is 9.47 Å². The van der Waals surface area contributed by atoms with Gasteiger partial charge in [-0.2, -0.15) is 5.26 Å². The second kappa shape index (κ2) is 5.97. The van der Waals surface area contributed by atoms with Gasteiger partial charge in [0.05, 0.1) is 11.5 Å². The van der Waals surface area contributed by atoms with Gasteiger partial charge in [0, 0.05) is 5.92 Å². The molecule has 0 aromatic rings. The Hall–Kier alpha value is -1.57. The summed E-state index contributed by atoms with van der Waals surface area (Å²) in [7, 11) is 0. The van der Waals surface area contributed by atoms with Crippen LogP contribution in [0.1, 0.15) is 60.8 Å². The average Bonchev–Trinajstić information content (AvgIpc) is 3.10. The molecule has 2 aliphatic carbocycles. The molecular weight excluding hydrogens is 330 g/mol. The van der Waals surface area contributed by atoms with E-state index in [9.17, 15) is 14.9 Å². The molecule has 6 atom stereocenters. The topological polar surface area (TPSA) is 76.4 Å². The Morgan fingerprint density at radius 1 is 1.38 bits per heavy atom. The molecule has 26 heavy (non-hydrogen) atoms. The highest BCUT2D eigenvalue weighted by Crippen LogP contribution is 2.67. The fourth-order valence-corrected chi connectivity index (χ4v) is 5.23. The van der Waals surface area contributed by atoms with Gasteiger partial charge in [-0.05, 0) is 49.4 Å². The number of hydrogen-bond acceptors (Lipinski definition) is 5. The van der Waals surface area contributed by atoms with Crippen LogP contribution in [0.2, 0.25) is 0 Å². The SMILES string of the molecule is CC(C)C(C)(CC(C)(C)C)C(=O)OCC1OC(=O)C2(C#N)CC3CC3C12. The second-order valence-corrected chi connectivity index (χ2v) is 10.3. The third-order valence-electron chi connectivity index (χ3n) is 6.83. The molecule has 0 spiro atoms. The van der Waals surface area contributed by atoms with E-state index in [1.54, 1.807) is 0 Å². The van der Waals surface area contributed by atoms with Gasteiger partial charge in [-0.25, -0.2) is 0 Å². The Balaban J connectivity index is 1.70. The summed E-state index contributed by atoms with van der Waals surface area (Å²) < 4.78 is 11.2. The van der Waals surface area contributed by atoms with Gasteiger partial charge in [0.1, 0.15) is 12.7 Å². The minimum Gasteiger partial charge on any atom is -0.461 e. The number of carbonyl (C=O) groups excluding carboxylic acids is 2. The molecule has 3 fully saturated rings. The highest BCUT2D eigenvalue weighted by molar-refractivity contribution is 5.84. The van der Waals surface area contributed by atoms with Crippen molar-refractivity contribution >= 4 is 11.9 Å². The van der Waals surface area contributed by atoms with Crippen LogP contribution in [0, 0.1) is 51.2 Å². The molecule has 0 N–H and O–H groups in total. The largest absolute Gasteiger partial charge is 0.461 e. The molecule has 6 unspecified atom stereocenters. The van der Waals surface area contributed by atoms with Gasteiger partial charge in [0.2, 0.25) is 0 Å². The number of nitriles is 1. The van der Waals surface area contributed by atoms with Gasteiger partial charge in [-0.3, -0.25) is 9.59 Å². The highest BCUT2D eigenvalue weighted by atomic mass is 16.6. The quantitative estimate of drug-likeness (QED) is 0.698. The molecule has 3 rings (SSSR count). The summed E-state index contributed by atoms with van der Waals surface area (Å²) >= 11 is 0. The first-order chi connectivity index (χ1) is 11.9. The molecule has 1 aliphatic heterocycles. The molecule has 0 bridgehead atoms. The average molecular weight is 361 g/mol. The number of ether oxygens (including phenoxy) is 2. The maximum Gasteiger partial charge on any atom is 0.327 e. The molecule has 1 heterocycles. The van der Waals surface area contributed by atoms with Crippen molar-refractivity contribution in [1.29, 1.82) is 5.26 Å². The van der Waals surface area contributed by atoms with Crippen LogP contribution in [-0.2, 0) is 19.1 Å². The molecule has 0 amide bonds. The number of carbonyl (C=O) groups is 2. The van der Waals surface area contributed by atoms with Crippen molar-refractivity contribution in [1.82, 2.24) is 0 Å². The van der Waals surface area contributed by atoms with Crippen LogP contribution in [0.3, 0.4) is 0 Å². The van der Waals surface area contributed by atoms with Crippen molar-refractivity contribution in [3.8, 4) is 6.07 Å². The number of fused-ring (bicyclic) bond motifs is 3. The Morgan fingerprint density at radius 2 is 2.04 bits per heavy atom. The summed E-state index contributed by atoms with van der Waals surface area (Å²) in [6, 6.07) is 2.23.